The number of aliphatic hydroxyl groups excluding tert-OH is 1. The van der Waals surface area contributed by atoms with Gasteiger partial charge in [0.2, 0.25) is 0 Å². The lowest BCUT2D eigenvalue weighted by atomic mass is 10.2. The van der Waals surface area contributed by atoms with Crippen molar-refractivity contribution in [1.82, 2.24) is 0 Å². The summed E-state index contributed by atoms with van der Waals surface area (Å²) < 4.78 is 0. The average molecular weight is 168 g/mol. The van der Waals surface area contributed by atoms with Crippen LogP contribution >= 0.6 is 0 Å². The van der Waals surface area contributed by atoms with Gasteiger partial charge in [-0.25, -0.2) is 4.99 Å². The molecule has 0 aromatic rings. The molecule has 0 aliphatic rings. The molecule has 68 valence electrons. The Labute approximate surface area is 73.3 Å². The normalized spacial score (nSPS) is 14.2. The monoisotopic (exact) mass is 168 g/mol. The zero-order valence-corrected chi connectivity index (χ0v) is 7.62. The Morgan fingerprint density at radius 1 is 1.58 bits per heavy atom. The summed E-state index contributed by atoms with van der Waals surface area (Å²) in [5.41, 5.74) is 6.09. The summed E-state index contributed by atoms with van der Waals surface area (Å²) in [6, 6.07) is 0. The molecule has 3 N–H and O–H groups in total. The molecule has 0 saturated carbocycles. The highest BCUT2D eigenvalue weighted by Crippen LogP contribution is 1.96. The maximum Gasteiger partial charge on any atom is 0.0957 e. The number of hydrogen-bond donors (Lipinski definition) is 2. The third kappa shape index (κ3) is 5.68. The summed E-state index contributed by atoms with van der Waals surface area (Å²) in [7, 11) is 0. The van der Waals surface area contributed by atoms with Crippen molar-refractivity contribution in [3.05, 3.63) is 23.9 Å². The zero-order chi connectivity index (χ0) is 9.40. The van der Waals surface area contributed by atoms with Gasteiger partial charge in [0.05, 0.1) is 12.4 Å². The van der Waals surface area contributed by atoms with Gasteiger partial charge in [-0.05, 0) is 18.9 Å². The van der Waals surface area contributed by atoms with Crippen LogP contribution in [0.15, 0.2) is 28.9 Å². The van der Waals surface area contributed by atoms with Crippen molar-refractivity contribution in [1.29, 1.82) is 0 Å². The highest BCUT2D eigenvalue weighted by atomic mass is 16.3. The van der Waals surface area contributed by atoms with E-state index < -0.39 is 0 Å². The van der Waals surface area contributed by atoms with E-state index in [0.29, 0.717) is 5.84 Å². The quantitative estimate of drug-likeness (QED) is 0.376. The van der Waals surface area contributed by atoms with Crippen LogP contribution in [0.4, 0.5) is 0 Å². The van der Waals surface area contributed by atoms with Gasteiger partial charge in [0.1, 0.15) is 0 Å². The van der Waals surface area contributed by atoms with E-state index in [-0.39, 0.29) is 6.61 Å². The fourth-order valence-electron chi connectivity index (χ4n) is 0.591. The summed E-state index contributed by atoms with van der Waals surface area (Å²) in [5, 5.41) is 8.84. The number of nitrogens with two attached hydrogens (primary N) is 1. The number of amidine groups is 1. The lowest BCUT2D eigenvalue weighted by Gasteiger charge is -1.93. The van der Waals surface area contributed by atoms with Crippen molar-refractivity contribution in [2.45, 2.75) is 20.3 Å². The zero-order valence-electron chi connectivity index (χ0n) is 7.62. The second-order valence-corrected chi connectivity index (χ2v) is 2.44. The van der Waals surface area contributed by atoms with Crippen molar-refractivity contribution < 1.29 is 5.11 Å². The largest absolute Gasteiger partial charge is 0.392 e. The lowest BCUT2D eigenvalue weighted by Crippen LogP contribution is -2.03. The van der Waals surface area contributed by atoms with Gasteiger partial charge >= 0.3 is 0 Å². The van der Waals surface area contributed by atoms with Gasteiger partial charge in [-0.1, -0.05) is 19.1 Å². The van der Waals surface area contributed by atoms with Crippen molar-refractivity contribution in [3.8, 4) is 0 Å². The molecular weight excluding hydrogens is 152 g/mol. The molecule has 3 heteroatoms. The summed E-state index contributed by atoms with van der Waals surface area (Å²) in [6.07, 6.45) is 6.32. The third-order valence-corrected chi connectivity index (χ3v) is 1.18. The van der Waals surface area contributed by atoms with Gasteiger partial charge in [0.15, 0.2) is 0 Å². The van der Waals surface area contributed by atoms with Crippen LogP contribution < -0.4 is 5.73 Å². The molecule has 0 aromatic heterocycles. The summed E-state index contributed by atoms with van der Waals surface area (Å²) >= 11 is 0. The predicted octanol–water partition coefficient (Wildman–Crippen LogP) is 1.21. The van der Waals surface area contributed by atoms with Crippen molar-refractivity contribution in [2.24, 2.45) is 10.7 Å². The molecular formula is C9H16N2O. The van der Waals surface area contributed by atoms with Crippen LogP contribution in [-0.2, 0) is 0 Å². The van der Waals surface area contributed by atoms with E-state index in [1.54, 1.807) is 13.1 Å². The summed E-state index contributed by atoms with van der Waals surface area (Å²) in [5.74, 6) is 0.492. The Bertz CT molecular complexity index is 201. The Hall–Kier alpha value is -1.09. The van der Waals surface area contributed by atoms with Crippen LogP contribution in [0, 0.1) is 0 Å². The number of hydrogen-bond acceptors (Lipinski definition) is 2. The lowest BCUT2D eigenvalue weighted by molar-refractivity contribution is 0.334. The number of allylic oxidation sites excluding steroid dienone is 1. The third-order valence-electron chi connectivity index (χ3n) is 1.18. The van der Waals surface area contributed by atoms with Gasteiger partial charge in [0, 0.05) is 6.20 Å². The van der Waals surface area contributed by atoms with Gasteiger partial charge in [-0.15, -0.1) is 0 Å². The van der Waals surface area contributed by atoms with Crippen LogP contribution in [-0.4, -0.2) is 17.5 Å². The van der Waals surface area contributed by atoms with Crippen LogP contribution in [0.2, 0.25) is 0 Å². The van der Waals surface area contributed by atoms with Gasteiger partial charge < -0.3 is 10.8 Å². The first kappa shape index (κ1) is 10.9. The Balaban J connectivity index is 4.23. The van der Waals surface area contributed by atoms with Crippen LogP contribution in [0.5, 0.6) is 0 Å². The minimum absolute atomic E-state index is 0.00667. The van der Waals surface area contributed by atoms with Crippen molar-refractivity contribution in [2.75, 3.05) is 6.61 Å². The molecule has 0 spiro atoms. The van der Waals surface area contributed by atoms with E-state index in [2.05, 4.69) is 4.99 Å². The maximum atomic E-state index is 8.84. The number of nitrogens with zero attached hydrogens (tertiary/aromatic N) is 1. The fraction of sp³-hybridized carbons (Fsp3) is 0.444. The SMILES string of the molecule is CC/C=C/C(=C\N=C(/C)N)CO. The molecule has 0 atom stereocenters. The second-order valence-electron chi connectivity index (χ2n) is 2.44. The van der Waals surface area contributed by atoms with Crippen molar-refractivity contribution in [3.63, 3.8) is 0 Å². The highest BCUT2D eigenvalue weighted by Gasteiger charge is 1.86. The van der Waals surface area contributed by atoms with Crippen molar-refractivity contribution >= 4 is 5.84 Å². The number of aliphatic hydroxyl groups is 1. The van der Waals surface area contributed by atoms with Gasteiger partial charge in [0.25, 0.3) is 0 Å². The molecule has 0 saturated heterocycles. The molecule has 12 heavy (non-hydrogen) atoms. The van der Waals surface area contributed by atoms with E-state index in [1.165, 1.54) is 0 Å². The fourth-order valence-corrected chi connectivity index (χ4v) is 0.591. The molecule has 0 amide bonds. The minimum Gasteiger partial charge on any atom is -0.392 e. The van der Waals surface area contributed by atoms with Crippen LogP contribution in [0.25, 0.3) is 0 Å². The molecule has 0 aromatic carbocycles. The molecule has 0 aliphatic heterocycles. The van der Waals surface area contributed by atoms with Crippen LogP contribution in [0.3, 0.4) is 0 Å². The summed E-state index contributed by atoms with van der Waals surface area (Å²) in [6.45, 7) is 3.73. The summed E-state index contributed by atoms with van der Waals surface area (Å²) in [4.78, 5) is 3.87. The second kappa shape index (κ2) is 6.61. The topological polar surface area (TPSA) is 58.6 Å². The molecule has 0 bridgehead atoms. The first-order valence-electron chi connectivity index (χ1n) is 3.97. The molecule has 0 fully saturated rings. The Morgan fingerprint density at radius 2 is 2.25 bits per heavy atom. The molecule has 0 unspecified atom stereocenters. The number of aliphatic imine (C=N–C) groups is 1. The Kier molecular flexibility index (Phi) is 6.01. The molecule has 0 aliphatic carbocycles. The Morgan fingerprint density at radius 3 is 2.67 bits per heavy atom. The maximum absolute atomic E-state index is 8.84. The van der Waals surface area contributed by atoms with E-state index in [4.69, 9.17) is 10.8 Å². The molecule has 3 nitrogen and oxygen atoms in total. The average Bonchev–Trinajstić information content (AvgIpc) is 2.05. The van der Waals surface area contributed by atoms with E-state index in [0.717, 1.165) is 12.0 Å². The standard InChI is InChI=1S/C9H16N2O/c1-3-4-5-9(7-12)6-11-8(2)10/h4-6,12H,3,7H2,1-2H3,(H2,10,11)/b5-4+,9-6+. The number of rotatable bonds is 4. The minimum atomic E-state index is -0.00667. The molecule has 0 rings (SSSR count). The van der Waals surface area contributed by atoms with E-state index in [9.17, 15) is 0 Å². The highest BCUT2D eigenvalue weighted by molar-refractivity contribution is 5.78. The first-order valence-corrected chi connectivity index (χ1v) is 3.97. The molecule has 0 heterocycles. The predicted molar refractivity (Wildman–Crippen MR) is 51.9 cm³/mol. The smallest absolute Gasteiger partial charge is 0.0957 e. The van der Waals surface area contributed by atoms with Gasteiger partial charge in [-0.2, -0.15) is 0 Å². The van der Waals surface area contributed by atoms with E-state index in [1.807, 2.05) is 19.1 Å². The first-order chi connectivity index (χ1) is 5.70. The molecule has 0 radical (unpaired) electrons. The van der Waals surface area contributed by atoms with Gasteiger partial charge in [-0.3, -0.25) is 0 Å². The van der Waals surface area contributed by atoms with Crippen LogP contribution in [0.1, 0.15) is 20.3 Å². The van der Waals surface area contributed by atoms with E-state index >= 15 is 0 Å².